The lowest BCUT2D eigenvalue weighted by Crippen LogP contribution is -2.21. The van der Waals surface area contributed by atoms with Gasteiger partial charge in [-0.3, -0.25) is 4.79 Å². The van der Waals surface area contributed by atoms with E-state index in [0.29, 0.717) is 23.3 Å². The van der Waals surface area contributed by atoms with Crippen LogP contribution in [0.15, 0.2) is 30.5 Å². The number of rotatable bonds is 4. The highest BCUT2D eigenvalue weighted by atomic mass is 19.1. The molecule has 4 nitrogen and oxygen atoms in total. The number of aliphatic hydroxyl groups excluding tert-OH is 1. The molecular weight excluding hydrogens is 297 g/mol. The van der Waals surface area contributed by atoms with Gasteiger partial charge in [0.1, 0.15) is 18.2 Å². The lowest BCUT2D eigenvalue weighted by molar-refractivity contribution is -0.120. The molecule has 0 aliphatic carbocycles. The van der Waals surface area contributed by atoms with E-state index in [1.807, 2.05) is 13.0 Å². The number of ether oxygens (including phenoxy) is 1. The highest BCUT2D eigenvalue weighted by molar-refractivity contribution is 5.82. The molecule has 5 heteroatoms. The zero-order chi connectivity index (χ0) is 17.0. The van der Waals surface area contributed by atoms with Gasteiger partial charge in [-0.1, -0.05) is 13.0 Å². The van der Waals surface area contributed by atoms with Crippen molar-refractivity contribution in [2.45, 2.75) is 33.3 Å². The summed E-state index contributed by atoms with van der Waals surface area (Å²) in [4.78, 5) is 11.7. The number of nitrogens with one attached hydrogen (secondary N) is 1. The van der Waals surface area contributed by atoms with Crippen LogP contribution < -0.4 is 10.1 Å². The van der Waals surface area contributed by atoms with Crippen LogP contribution in [-0.4, -0.2) is 23.7 Å². The molecule has 1 aliphatic heterocycles. The molecule has 0 bridgehead atoms. The second kappa shape index (κ2) is 7.42. The molecule has 0 fully saturated rings. The molecule has 1 aromatic rings. The van der Waals surface area contributed by atoms with Crippen LogP contribution in [0, 0.1) is 18.7 Å². The predicted octanol–water partition coefficient (Wildman–Crippen LogP) is 2.95. The van der Waals surface area contributed by atoms with Gasteiger partial charge < -0.3 is 15.2 Å². The highest BCUT2D eigenvalue weighted by Crippen LogP contribution is 2.33. The van der Waals surface area contributed by atoms with Gasteiger partial charge in [0, 0.05) is 23.7 Å². The predicted molar refractivity (Wildman–Crippen MR) is 87.4 cm³/mol. The van der Waals surface area contributed by atoms with E-state index in [1.165, 1.54) is 0 Å². The molecule has 0 saturated heterocycles. The summed E-state index contributed by atoms with van der Waals surface area (Å²) < 4.78 is 20.2. The molecule has 1 amide bonds. The quantitative estimate of drug-likeness (QED) is 0.897. The maximum atomic E-state index is 14.8. The third-order valence-electron chi connectivity index (χ3n) is 3.77. The molecule has 124 valence electrons. The van der Waals surface area contributed by atoms with E-state index in [1.54, 1.807) is 38.3 Å². The summed E-state index contributed by atoms with van der Waals surface area (Å²) in [5.41, 5.74) is 1.64. The van der Waals surface area contributed by atoms with Crippen LogP contribution in [-0.2, 0) is 4.79 Å². The number of carbonyl (C=O) groups excluding carboxylic acids is 1. The van der Waals surface area contributed by atoms with Crippen molar-refractivity contribution in [2.75, 3.05) is 6.61 Å². The van der Waals surface area contributed by atoms with Crippen LogP contribution in [0.1, 0.15) is 31.4 Å². The van der Waals surface area contributed by atoms with E-state index in [9.17, 15) is 14.3 Å². The Hall–Kier alpha value is -2.14. The maximum absolute atomic E-state index is 14.8. The Morgan fingerprint density at radius 2 is 2.22 bits per heavy atom. The van der Waals surface area contributed by atoms with Crippen LogP contribution >= 0.6 is 0 Å². The Balaban J connectivity index is 2.35. The number of amides is 1. The number of halogens is 1. The van der Waals surface area contributed by atoms with E-state index in [2.05, 4.69) is 5.32 Å². The Labute approximate surface area is 135 Å². The Morgan fingerprint density at radius 1 is 1.48 bits per heavy atom. The largest absolute Gasteiger partial charge is 0.491 e. The summed E-state index contributed by atoms with van der Waals surface area (Å²) in [5.74, 6) is -0.133. The molecule has 1 aliphatic rings. The molecule has 2 N–H and O–H groups in total. The second-order valence-corrected chi connectivity index (χ2v) is 5.86. The molecule has 1 heterocycles. The second-order valence-electron chi connectivity index (χ2n) is 5.86. The fourth-order valence-electron chi connectivity index (χ4n) is 2.52. The van der Waals surface area contributed by atoms with Crippen molar-refractivity contribution in [1.29, 1.82) is 0 Å². The van der Waals surface area contributed by atoms with Crippen LogP contribution in [0.3, 0.4) is 0 Å². The summed E-state index contributed by atoms with van der Waals surface area (Å²) in [5, 5.41) is 11.9. The van der Waals surface area contributed by atoms with Crippen molar-refractivity contribution in [3.05, 3.63) is 47.4 Å². The molecule has 23 heavy (non-hydrogen) atoms. The molecular formula is C18H22FNO3. The SMILES string of the molecule is Cc1c(OCC(C)O)ccc(C2=CC=CNC(=O)CC2C)c1F. The van der Waals surface area contributed by atoms with Crippen molar-refractivity contribution >= 4 is 11.5 Å². The van der Waals surface area contributed by atoms with E-state index in [4.69, 9.17) is 4.74 Å². The van der Waals surface area contributed by atoms with Crippen molar-refractivity contribution < 1.29 is 19.0 Å². The zero-order valence-corrected chi connectivity index (χ0v) is 13.6. The number of allylic oxidation sites excluding steroid dienone is 3. The first-order chi connectivity index (χ1) is 10.9. The topological polar surface area (TPSA) is 58.6 Å². The minimum atomic E-state index is -0.617. The Kier molecular flexibility index (Phi) is 5.55. The van der Waals surface area contributed by atoms with Crippen molar-refractivity contribution in [1.82, 2.24) is 5.32 Å². The first-order valence-electron chi connectivity index (χ1n) is 7.66. The molecule has 1 aromatic carbocycles. The Bertz CT molecular complexity index is 650. The lowest BCUT2D eigenvalue weighted by atomic mass is 9.89. The maximum Gasteiger partial charge on any atom is 0.224 e. The Morgan fingerprint density at radius 3 is 2.91 bits per heavy atom. The minimum absolute atomic E-state index is 0.0895. The van der Waals surface area contributed by atoms with Gasteiger partial charge in [0.15, 0.2) is 0 Å². The lowest BCUT2D eigenvalue weighted by Gasteiger charge is -2.20. The van der Waals surface area contributed by atoms with Crippen LogP contribution in [0.5, 0.6) is 5.75 Å². The van der Waals surface area contributed by atoms with Crippen molar-refractivity contribution in [3.63, 3.8) is 0 Å². The summed E-state index contributed by atoms with van der Waals surface area (Å²) in [7, 11) is 0. The molecule has 2 rings (SSSR count). The average Bonchev–Trinajstić information content (AvgIpc) is 2.48. The standard InChI is InChI=1S/C18H22FNO3/c1-11-9-17(22)20-8-4-5-14(11)15-6-7-16(13(3)18(15)19)23-10-12(2)21/h4-8,11-12,21H,9-10H2,1-3H3,(H,20,22). The fourth-order valence-corrected chi connectivity index (χ4v) is 2.52. The molecule has 0 saturated carbocycles. The fraction of sp³-hybridized carbons (Fsp3) is 0.389. The van der Waals surface area contributed by atoms with E-state index in [-0.39, 0.29) is 24.2 Å². The van der Waals surface area contributed by atoms with Gasteiger partial charge in [0.25, 0.3) is 0 Å². The third-order valence-corrected chi connectivity index (χ3v) is 3.77. The summed E-state index contributed by atoms with van der Waals surface area (Å²) >= 11 is 0. The van der Waals surface area contributed by atoms with Gasteiger partial charge in [-0.15, -0.1) is 0 Å². The van der Waals surface area contributed by atoms with Crippen molar-refractivity contribution in [2.24, 2.45) is 5.92 Å². The number of aliphatic hydroxyl groups is 1. The molecule has 0 radical (unpaired) electrons. The van der Waals surface area contributed by atoms with Gasteiger partial charge in [-0.2, -0.15) is 0 Å². The van der Waals surface area contributed by atoms with Gasteiger partial charge >= 0.3 is 0 Å². The molecule has 0 aromatic heterocycles. The molecule has 2 unspecified atom stereocenters. The first kappa shape index (κ1) is 17.2. The summed E-state index contributed by atoms with van der Waals surface area (Å²) in [6, 6.07) is 3.36. The van der Waals surface area contributed by atoms with E-state index >= 15 is 0 Å². The highest BCUT2D eigenvalue weighted by Gasteiger charge is 2.20. The van der Waals surface area contributed by atoms with Gasteiger partial charge in [0.2, 0.25) is 5.91 Å². The molecule has 2 atom stereocenters. The minimum Gasteiger partial charge on any atom is -0.491 e. The van der Waals surface area contributed by atoms with E-state index < -0.39 is 6.10 Å². The van der Waals surface area contributed by atoms with Crippen LogP contribution in [0.2, 0.25) is 0 Å². The van der Waals surface area contributed by atoms with Gasteiger partial charge in [-0.05, 0) is 43.5 Å². The number of hydrogen-bond acceptors (Lipinski definition) is 3. The normalized spacial score (nSPS) is 19.4. The number of hydrogen-bond donors (Lipinski definition) is 2. The number of carbonyl (C=O) groups is 1. The zero-order valence-electron chi connectivity index (χ0n) is 13.6. The van der Waals surface area contributed by atoms with Crippen molar-refractivity contribution in [3.8, 4) is 5.75 Å². The first-order valence-corrected chi connectivity index (χ1v) is 7.66. The summed E-state index contributed by atoms with van der Waals surface area (Å²) in [6.07, 6.45) is 4.76. The molecule has 0 spiro atoms. The van der Waals surface area contributed by atoms with Crippen LogP contribution in [0.4, 0.5) is 4.39 Å². The average molecular weight is 319 g/mol. The smallest absolute Gasteiger partial charge is 0.224 e. The van der Waals surface area contributed by atoms with Gasteiger partial charge in [0.05, 0.1) is 6.10 Å². The monoisotopic (exact) mass is 319 g/mol. The van der Waals surface area contributed by atoms with Crippen LogP contribution in [0.25, 0.3) is 5.57 Å². The number of benzene rings is 1. The van der Waals surface area contributed by atoms with E-state index in [0.717, 1.165) is 5.57 Å². The van der Waals surface area contributed by atoms with Gasteiger partial charge in [-0.25, -0.2) is 4.39 Å². The summed E-state index contributed by atoms with van der Waals surface area (Å²) in [6.45, 7) is 5.27. The third kappa shape index (κ3) is 4.20.